The zero-order valence-electron chi connectivity index (χ0n) is 12.1. The highest BCUT2D eigenvalue weighted by Crippen LogP contribution is 2.34. The molecule has 2 amide bonds. The molecule has 2 aliphatic heterocycles. The summed E-state index contributed by atoms with van der Waals surface area (Å²) in [6.07, 6.45) is 1.42. The first kappa shape index (κ1) is 14.5. The Hall–Kier alpha value is -2.48. The molecule has 8 nitrogen and oxygen atoms in total. The van der Waals surface area contributed by atoms with Crippen LogP contribution < -0.4 is 5.73 Å². The lowest BCUT2D eigenvalue weighted by molar-refractivity contribution is -0.383. The molecule has 0 spiro atoms. The third-order valence-corrected chi connectivity index (χ3v) is 4.32. The number of carbonyl (C=O) groups excluding carboxylic acids is 2. The van der Waals surface area contributed by atoms with Crippen LogP contribution >= 0.6 is 0 Å². The van der Waals surface area contributed by atoms with Crippen LogP contribution in [0, 0.1) is 10.1 Å². The molecule has 1 saturated heterocycles. The minimum absolute atomic E-state index is 0.0739. The van der Waals surface area contributed by atoms with Gasteiger partial charge >= 0.3 is 0 Å². The number of carbonyl (C=O) groups is 2. The number of likely N-dealkylation sites (tertiary alicyclic amines) is 1. The normalized spacial score (nSPS) is 19.6. The molecule has 2 heterocycles. The van der Waals surface area contributed by atoms with Crippen molar-refractivity contribution in [3.63, 3.8) is 0 Å². The minimum Gasteiger partial charge on any atom is -0.393 e. The molecule has 2 N–H and O–H groups in total. The second kappa shape index (κ2) is 5.06. The molecule has 0 aromatic heterocycles. The number of fused-ring (bicyclic) bond motifs is 1. The molecule has 22 heavy (non-hydrogen) atoms. The van der Waals surface area contributed by atoms with Crippen molar-refractivity contribution in [1.82, 2.24) is 9.80 Å². The lowest BCUT2D eigenvalue weighted by Crippen LogP contribution is -2.46. The van der Waals surface area contributed by atoms with Gasteiger partial charge in [-0.2, -0.15) is 0 Å². The molecular weight excluding hydrogens is 288 g/mol. The SMILES string of the molecule is CN1CCC(N2C(=O)c3cc(N)c([N+](=O)[O-])cc3C2=O)CC1. The molecule has 0 bridgehead atoms. The number of piperidine rings is 1. The Morgan fingerprint density at radius 2 is 1.73 bits per heavy atom. The lowest BCUT2D eigenvalue weighted by atomic mass is 10.0. The molecule has 8 heteroatoms. The van der Waals surface area contributed by atoms with Crippen LogP contribution in [-0.2, 0) is 0 Å². The Balaban J connectivity index is 1.96. The molecule has 3 rings (SSSR count). The van der Waals surface area contributed by atoms with Gasteiger partial charge in [0, 0.05) is 12.1 Å². The summed E-state index contributed by atoms with van der Waals surface area (Å²) in [6.45, 7) is 1.61. The topological polar surface area (TPSA) is 110 Å². The number of nitrogens with zero attached hydrogens (tertiary/aromatic N) is 3. The molecule has 1 aromatic rings. The summed E-state index contributed by atoms with van der Waals surface area (Å²) in [4.78, 5) is 38.7. The molecule has 0 radical (unpaired) electrons. The van der Waals surface area contributed by atoms with Gasteiger partial charge < -0.3 is 10.6 Å². The largest absolute Gasteiger partial charge is 0.393 e. The summed E-state index contributed by atoms with van der Waals surface area (Å²) in [5.41, 5.74) is 5.40. The van der Waals surface area contributed by atoms with Crippen molar-refractivity contribution in [3.05, 3.63) is 33.4 Å². The van der Waals surface area contributed by atoms with E-state index < -0.39 is 16.7 Å². The fourth-order valence-electron chi connectivity index (χ4n) is 3.05. The molecule has 2 aliphatic rings. The van der Waals surface area contributed by atoms with E-state index in [2.05, 4.69) is 4.90 Å². The first-order valence-electron chi connectivity index (χ1n) is 7.04. The predicted octanol–water partition coefficient (Wildman–Crippen LogP) is 0.867. The average Bonchev–Trinajstić information content (AvgIpc) is 2.71. The van der Waals surface area contributed by atoms with E-state index in [-0.39, 0.29) is 28.5 Å². The number of nitro benzene ring substituents is 1. The zero-order chi connectivity index (χ0) is 16.0. The minimum atomic E-state index is -0.647. The Labute approximate surface area is 126 Å². The molecule has 0 unspecified atom stereocenters. The van der Waals surface area contributed by atoms with E-state index in [0.717, 1.165) is 19.2 Å². The van der Waals surface area contributed by atoms with E-state index in [1.165, 1.54) is 11.0 Å². The summed E-state index contributed by atoms with van der Waals surface area (Å²) >= 11 is 0. The van der Waals surface area contributed by atoms with E-state index >= 15 is 0 Å². The van der Waals surface area contributed by atoms with Gasteiger partial charge in [-0.3, -0.25) is 24.6 Å². The Bertz CT molecular complexity index is 680. The summed E-state index contributed by atoms with van der Waals surface area (Å²) < 4.78 is 0. The quantitative estimate of drug-likeness (QED) is 0.376. The van der Waals surface area contributed by atoms with Gasteiger partial charge in [-0.05, 0) is 39.0 Å². The van der Waals surface area contributed by atoms with Crippen molar-refractivity contribution in [2.75, 3.05) is 25.9 Å². The number of hydrogen-bond acceptors (Lipinski definition) is 6. The Morgan fingerprint density at radius 3 is 2.27 bits per heavy atom. The summed E-state index contributed by atoms with van der Waals surface area (Å²) in [5, 5.41) is 10.9. The van der Waals surface area contributed by atoms with Crippen molar-refractivity contribution < 1.29 is 14.5 Å². The number of benzene rings is 1. The van der Waals surface area contributed by atoms with Crippen LogP contribution in [0.1, 0.15) is 33.6 Å². The lowest BCUT2D eigenvalue weighted by Gasteiger charge is -2.33. The Morgan fingerprint density at radius 1 is 1.18 bits per heavy atom. The smallest absolute Gasteiger partial charge is 0.292 e. The Kier molecular flexibility index (Phi) is 3.32. The van der Waals surface area contributed by atoms with E-state index in [4.69, 9.17) is 5.73 Å². The maximum absolute atomic E-state index is 12.5. The number of imide groups is 1. The van der Waals surface area contributed by atoms with Gasteiger partial charge in [0.15, 0.2) is 0 Å². The van der Waals surface area contributed by atoms with Crippen molar-refractivity contribution in [2.24, 2.45) is 0 Å². The summed E-state index contributed by atoms with van der Waals surface area (Å²) in [5.74, 6) is -0.867. The average molecular weight is 304 g/mol. The van der Waals surface area contributed by atoms with Crippen LogP contribution in [0.4, 0.5) is 11.4 Å². The van der Waals surface area contributed by atoms with Gasteiger partial charge in [0.05, 0.1) is 16.1 Å². The fourth-order valence-corrected chi connectivity index (χ4v) is 3.05. The molecule has 0 saturated carbocycles. The summed E-state index contributed by atoms with van der Waals surface area (Å²) in [7, 11) is 1.99. The van der Waals surface area contributed by atoms with Gasteiger partial charge in [0.2, 0.25) is 0 Å². The van der Waals surface area contributed by atoms with E-state index in [1.807, 2.05) is 7.05 Å². The third kappa shape index (κ3) is 2.12. The second-order valence-corrected chi connectivity index (χ2v) is 5.73. The number of nitrogens with two attached hydrogens (primary N) is 1. The third-order valence-electron chi connectivity index (χ3n) is 4.32. The van der Waals surface area contributed by atoms with E-state index in [0.29, 0.717) is 12.8 Å². The number of anilines is 1. The van der Waals surface area contributed by atoms with Crippen molar-refractivity contribution in [2.45, 2.75) is 18.9 Å². The monoisotopic (exact) mass is 304 g/mol. The highest BCUT2D eigenvalue weighted by atomic mass is 16.6. The maximum atomic E-state index is 12.5. The van der Waals surface area contributed by atoms with E-state index in [1.54, 1.807) is 0 Å². The van der Waals surface area contributed by atoms with Crippen molar-refractivity contribution >= 4 is 23.2 Å². The molecule has 1 aromatic carbocycles. The highest BCUT2D eigenvalue weighted by molar-refractivity contribution is 6.22. The maximum Gasteiger partial charge on any atom is 0.292 e. The number of nitrogen functional groups attached to an aromatic ring is 1. The van der Waals surface area contributed by atoms with Crippen LogP contribution in [0.15, 0.2) is 12.1 Å². The summed E-state index contributed by atoms with van der Waals surface area (Å²) in [6, 6.07) is 2.19. The van der Waals surface area contributed by atoms with Gasteiger partial charge in [-0.1, -0.05) is 0 Å². The van der Waals surface area contributed by atoms with Crippen molar-refractivity contribution in [3.8, 4) is 0 Å². The zero-order valence-corrected chi connectivity index (χ0v) is 12.1. The van der Waals surface area contributed by atoms with Crippen LogP contribution in [0.2, 0.25) is 0 Å². The molecule has 0 aliphatic carbocycles. The number of hydrogen-bond donors (Lipinski definition) is 1. The first-order chi connectivity index (χ1) is 10.4. The number of rotatable bonds is 2. The van der Waals surface area contributed by atoms with Gasteiger partial charge in [0.1, 0.15) is 5.69 Å². The fraction of sp³-hybridized carbons (Fsp3) is 0.429. The van der Waals surface area contributed by atoms with Gasteiger partial charge in [-0.15, -0.1) is 0 Å². The van der Waals surface area contributed by atoms with Crippen molar-refractivity contribution in [1.29, 1.82) is 0 Å². The molecular formula is C14H16N4O4. The highest BCUT2D eigenvalue weighted by Gasteiger charge is 2.42. The standard InChI is InChI=1S/C14H16N4O4/c1-16-4-2-8(3-5-16)17-13(19)9-6-11(15)12(18(21)22)7-10(9)14(17)20/h6-8H,2-5,15H2,1H3. The number of amides is 2. The first-order valence-corrected chi connectivity index (χ1v) is 7.04. The van der Waals surface area contributed by atoms with Gasteiger partial charge in [-0.25, -0.2) is 0 Å². The predicted molar refractivity (Wildman–Crippen MR) is 78.5 cm³/mol. The van der Waals surface area contributed by atoms with E-state index in [9.17, 15) is 19.7 Å². The second-order valence-electron chi connectivity index (χ2n) is 5.73. The molecule has 116 valence electrons. The molecule has 1 fully saturated rings. The number of nitro groups is 1. The van der Waals surface area contributed by atoms with Crippen LogP contribution in [0.3, 0.4) is 0 Å². The van der Waals surface area contributed by atoms with Crippen LogP contribution in [0.5, 0.6) is 0 Å². The van der Waals surface area contributed by atoms with Gasteiger partial charge in [0.25, 0.3) is 17.5 Å². The van der Waals surface area contributed by atoms with Crippen LogP contribution in [0.25, 0.3) is 0 Å². The van der Waals surface area contributed by atoms with Crippen LogP contribution in [-0.4, -0.2) is 52.7 Å². The molecule has 0 atom stereocenters.